The molecule has 11 heteroatoms. The average Bonchev–Trinajstić information content (AvgIpc) is 2.53. The van der Waals surface area contributed by atoms with E-state index in [1.54, 1.807) is 20.8 Å². The van der Waals surface area contributed by atoms with E-state index in [-0.39, 0.29) is 17.2 Å². The fourth-order valence-electron chi connectivity index (χ4n) is 2.28. The van der Waals surface area contributed by atoms with Gasteiger partial charge in [0.1, 0.15) is 17.7 Å². The molecule has 0 radical (unpaired) electrons. The Balaban J connectivity index is 2.63. The van der Waals surface area contributed by atoms with Crippen LogP contribution in [0.4, 0.5) is 28.6 Å². The second kappa shape index (κ2) is 6.70. The lowest BCUT2D eigenvalue weighted by molar-refractivity contribution is -0.393. The van der Waals surface area contributed by atoms with Gasteiger partial charge in [0.25, 0.3) is 17.1 Å². The fourth-order valence-corrected chi connectivity index (χ4v) is 2.28. The van der Waals surface area contributed by atoms with Gasteiger partial charge in [-0.25, -0.2) is 4.98 Å². The van der Waals surface area contributed by atoms with Crippen LogP contribution in [0.2, 0.25) is 0 Å². The summed E-state index contributed by atoms with van der Waals surface area (Å²) in [7, 11) is 0. The van der Waals surface area contributed by atoms with Gasteiger partial charge in [0.15, 0.2) is 0 Å². The standard InChI is InChI=1S/C15H15N5O6/c1-15(2,3)11-6-10(19(23)24)7-12(20(25)26)14(11)17-13-5-4-9(8-16-13)18(21)22/h4-8H,1-3H3,(H,16,17). The number of benzene rings is 1. The molecule has 1 heterocycles. The molecule has 0 saturated carbocycles. The molecule has 0 amide bonds. The molecular formula is C15H15N5O6. The van der Waals surface area contributed by atoms with Crippen molar-refractivity contribution in [3.05, 3.63) is 66.4 Å². The highest BCUT2D eigenvalue weighted by atomic mass is 16.6. The SMILES string of the molecule is CC(C)(C)c1cc([N+](=O)[O-])cc([N+](=O)[O-])c1Nc1ccc([N+](=O)[O-])cn1. The van der Waals surface area contributed by atoms with Crippen LogP contribution in [0.15, 0.2) is 30.5 Å². The zero-order chi connectivity index (χ0) is 19.6. The molecule has 0 atom stereocenters. The largest absolute Gasteiger partial charge is 0.334 e. The van der Waals surface area contributed by atoms with Crippen LogP contribution in [-0.4, -0.2) is 19.8 Å². The van der Waals surface area contributed by atoms with E-state index in [9.17, 15) is 30.3 Å². The van der Waals surface area contributed by atoms with Crippen molar-refractivity contribution < 1.29 is 14.8 Å². The summed E-state index contributed by atoms with van der Waals surface area (Å²) in [5.41, 5.74) is -1.37. The number of non-ortho nitro benzene ring substituents is 1. The van der Waals surface area contributed by atoms with Gasteiger partial charge in [0, 0.05) is 12.1 Å². The molecule has 0 saturated heterocycles. The lowest BCUT2D eigenvalue weighted by Crippen LogP contribution is -2.16. The first-order valence-corrected chi connectivity index (χ1v) is 7.35. The molecule has 0 fully saturated rings. The Kier molecular flexibility index (Phi) is 4.82. The van der Waals surface area contributed by atoms with Crippen molar-refractivity contribution in [1.29, 1.82) is 0 Å². The van der Waals surface area contributed by atoms with Gasteiger partial charge in [-0.1, -0.05) is 20.8 Å². The van der Waals surface area contributed by atoms with Crippen LogP contribution in [0.3, 0.4) is 0 Å². The van der Waals surface area contributed by atoms with Gasteiger partial charge in [-0.3, -0.25) is 30.3 Å². The molecule has 2 rings (SSSR count). The fraction of sp³-hybridized carbons (Fsp3) is 0.267. The van der Waals surface area contributed by atoms with Crippen LogP contribution in [-0.2, 0) is 5.41 Å². The Morgan fingerprint density at radius 1 is 0.923 bits per heavy atom. The van der Waals surface area contributed by atoms with Crippen molar-refractivity contribution >= 4 is 28.6 Å². The summed E-state index contributed by atoms with van der Waals surface area (Å²) in [6.07, 6.45) is 1.01. The highest BCUT2D eigenvalue weighted by molar-refractivity contribution is 5.76. The van der Waals surface area contributed by atoms with Crippen LogP contribution in [0.25, 0.3) is 0 Å². The van der Waals surface area contributed by atoms with E-state index >= 15 is 0 Å². The van der Waals surface area contributed by atoms with Crippen molar-refractivity contribution in [2.24, 2.45) is 0 Å². The summed E-state index contributed by atoms with van der Waals surface area (Å²) in [6, 6.07) is 4.63. The molecule has 11 nitrogen and oxygen atoms in total. The van der Waals surface area contributed by atoms with Crippen molar-refractivity contribution in [3.8, 4) is 0 Å². The Labute approximate surface area is 147 Å². The van der Waals surface area contributed by atoms with Gasteiger partial charge in [-0.15, -0.1) is 0 Å². The third kappa shape index (κ3) is 3.88. The van der Waals surface area contributed by atoms with Gasteiger partial charge in [0.2, 0.25) is 0 Å². The number of hydrogen-bond donors (Lipinski definition) is 1. The van der Waals surface area contributed by atoms with Gasteiger partial charge >= 0.3 is 0 Å². The Morgan fingerprint density at radius 3 is 1.96 bits per heavy atom. The Hall–Kier alpha value is -3.63. The smallest absolute Gasteiger partial charge is 0.299 e. The van der Waals surface area contributed by atoms with E-state index in [4.69, 9.17) is 0 Å². The van der Waals surface area contributed by atoms with Crippen molar-refractivity contribution in [2.75, 3.05) is 5.32 Å². The number of hydrogen-bond acceptors (Lipinski definition) is 8. The Bertz CT molecular complexity index is 889. The molecule has 1 aromatic carbocycles. The molecular weight excluding hydrogens is 346 g/mol. The van der Waals surface area contributed by atoms with Gasteiger partial charge < -0.3 is 5.32 Å². The average molecular weight is 361 g/mol. The normalized spacial score (nSPS) is 11.0. The highest BCUT2D eigenvalue weighted by Crippen LogP contribution is 2.41. The maximum atomic E-state index is 11.4. The van der Waals surface area contributed by atoms with Crippen molar-refractivity contribution in [3.63, 3.8) is 0 Å². The monoisotopic (exact) mass is 361 g/mol. The third-order valence-electron chi connectivity index (χ3n) is 3.53. The van der Waals surface area contributed by atoms with Crippen LogP contribution in [0.5, 0.6) is 0 Å². The molecule has 0 aliphatic heterocycles. The van der Waals surface area contributed by atoms with Gasteiger partial charge in [-0.05, 0) is 17.0 Å². The molecule has 26 heavy (non-hydrogen) atoms. The van der Waals surface area contributed by atoms with E-state index in [1.807, 2.05) is 0 Å². The summed E-state index contributed by atoms with van der Waals surface area (Å²) in [6.45, 7) is 5.26. The summed E-state index contributed by atoms with van der Waals surface area (Å²) >= 11 is 0. The summed E-state index contributed by atoms with van der Waals surface area (Å²) in [4.78, 5) is 35.1. The van der Waals surface area contributed by atoms with Crippen molar-refractivity contribution in [1.82, 2.24) is 4.98 Å². The minimum atomic E-state index is -0.726. The lowest BCUT2D eigenvalue weighted by Gasteiger charge is -2.23. The second-order valence-corrected chi connectivity index (χ2v) is 6.44. The van der Waals surface area contributed by atoms with E-state index < -0.39 is 31.6 Å². The van der Waals surface area contributed by atoms with Crippen LogP contribution in [0.1, 0.15) is 26.3 Å². The number of pyridine rings is 1. The van der Waals surface area contributed by atoms with Crippen LogP contribution >= 0.6 is 0 Å². The quantitative estimate of drug-likeness (QED) is 0.622. The van der Waals surface area contributed by atoms with Crippen LogP contribution in [0, 0.1) is 30.3 Å². The predicted molar refractivity (Wildman–Crippen MR) is 92.6 cm³/mol. The maximum Gasteiger partial charge on any atom is 0.299 e. The maximum absolute atomic E-state index is 11.4. The first kappa shape index (κ1) is 18.7. The van der Waals surface area contributed by atoms with E-state index in [2.05, 4.69) is 10.3 Å². The number of nitro benzene ring substituents is 2. The highest BCUT2D eigenvalue weighted by Gasteiger charge is 2.30. The van der Waals surface area contributed by atoms with Gasteiger partial charge in [-0.2, -0.15) is 0 Å². The Morgan fingerprint density at radius 2 is 1.54 bits per heavy atom. The minimum absolute atomic E-state index is 0.0504. The van der Waals surface area contributed by atoms with E-state index in [1.165, 1.54) is 18.2 Å². The first-order valence-electron chi connectivity index (χ1n) is 7.35. The number of nitrogens with zero attached hydrogens (tertiary/aromatic N) is 4. The molecule has 2 aromatic rings. The molecule has 0 aliphatic rings. The molecule has 0 bridgehead atoms. The zero-order valence-electron chi connectivity index (χ0n) is 14.1. The number of nitrogens with one attached hydrogen (secondary N) is 1. The summed E-state index contributed by atoms with van der Waals surface area (Å²) in [5, 5.41) is 36.0. The molecule has 1 N–H and O–H groups in total. The summed E-state index contributed by atoms with van der Waals surface area (Å²) < 4.78 is 0. The molecule has 1 aromatic heterocycles. The van der Waals surface area contributed by atoms with Gasteiger partial charge in [0.05, 0.1) is 20.8 Å². The molecule has 0 unspecified atom stereocenters. The number of aromatic nitrogens is 1. The number of rotatable bonds is 5. The summed E-state index contributed by atoms with van der Waals surface area (Å²) in [5.74, 6) is 0.137. The molecule has 136 valence electrons. The predicted octanol–water partition coefficient (Wildman–Crippen LogP) is 3.85. The lowest BCUT2D eigenvalue weighted by atomic mass is 9.85. The van der Waals surface area contributed by atoms with Crippen molar-refractivity contribution in [2.45, 2.75) is 26.2 Å². The number of anilines is 2. The number of nitro groups is 3. The minimum Gasteiger partial charge on any atom is -0.334 e. The zero-order valence-corrected chi connectivity index (χ0v) is 14.1. The van der Waals surface area contributed by atoms with Crippen LogP contribution < -0.4 is 5.32 Å². The third-order valence-corrected chi connectivity index (χ3v) is 3.53. The topological polar surface area (TPSA) is 154 Å². The second-order valence-electron chi connectivity index (χ2n) is 6.44. The van der Waals surface area contributed by atoms with E-state index in [0.29, 0.717) is 5.56 Å². The van der Waals surface area contributed by atoms with E-state index in [0.717, 1.165) is 12.3 Å². The first-order chi connectivity index (χ1) is 12.0. The molecule has 0 aliphatic carbocycles. The molecule has 0 spiro atoms.